The number of nitrogens with one attached hydrogen (secondary N) is 1. The van der Waals surface area contributed by atoms with E-state index < -0.39 is 0 Å². The molecule has 2 rings (SSSR count). The number of H-pyrrole nitrogens is 1. The summed E-state index contributed by atoms with van der Waals surface area (Å²) in [7, 11) is 0. The molecule has 2 aromatic rings. The van der Waals surface area contributed by atoms with Crippen LogP contribution < -0.4 is 5.73 Å². The molecule has 0 saturated carbocycles. The van der Waals surface area contributed by atoms with Gasteiger partial charge in [-0.1, -0.05) is 18.2 Å². The summed E-state index contributed by atoms with van der Waals surface area (Å²) in [6.45, 7) is 5.84. The van der Waals surface area contributed by atoms with Crippen LogP contribution in [0.3, 0.4) is 0 Å². The number of Topliss-reactive ketones (excluding diaryl/α,β-unsaturated/α-hetero) is 1. The lowest BCUT2D eigenvalue weighted by atomic mass is 9.95. The second-order valence-electron chi connectivity index (χ2n) is 5.58. The topological polar surface area (TPSA) is 58.9 Å². The van der Waals surface area contributed by atoms with Crippen LogP contribution in [0.25, 0.3) is 10.9 Å². The first-order chi connectivity index (χ1) is 8.38. The van der Waals surface area contributed by atoms with Gasteiger partial charge in [0.2, 0.25) is 0 Å². The Balaban J connectivity index is 2.30. The minimum absolute atomic E-state index is 0.170. The van der Waals surface area contributed by atoms with Crippen molar-refractivity contribution < 1.29 is 4.79 Å². The van der Waals surface area contributed by atoms with Crippen molar-refractivity contribution in [2.75, 3.05) is 0 Å². The highest BCUT2D eigenvalue weighted by Gasteiger charge is 2.18. The molecule has 0 aliphatic rings. The van der Waals surface area contributed by atoms with Gasteiger partial charge in [-0.05, 0) is 33.3 Å². The number of para-hydroxylation sites is 1. The Morgan fingerprint density at radius 2 is 2.00 bits per heavy atom. The van der Waals surface area contributed by atoms with Gasteiger partial charge in [-0.3, -0.25) is 4.79 Å². The quantitative estimate of drug-likeness (QED) is 0.811. The van der Waals surface area contributed by atoms with E-state index in [4.69, 9.17) is 5.73 Å². The summed E-state index contributed by atoms with van der Waals surface area (Å²) in [4.78, 5) is 15.6. The number of hydrogen-bond acceptors (Lipinski definition) is 2. The van der Waals surface area contributed by atoms with Gasteiger partial charge in [0.05, 0.1) is 0 Å². The van der Waals surface area contributed by atoms with Crippen LogP contribution in [0, 0.1) is 6.92 Å². The Hall–Kier alpha value is -1.61. The molecule has 3 nitrogen and oxygen atoms in total. The zero-order valence-corrected chi connectivity index (χ0v) is 11.2. The van der Waals surface area contributed by atoms with Crippen LogP contribution in [0.15, 0.2) is 24.3 Å². The minimum atomic E-state index is -0.296. The maximum atomic E-state index is 12.3. The Morgan fingerprint density at radius 3 is 2.67 bits per heavy atom. The number of ketones is 1. The molecule has 3 N–H and O–H groups in total. The van der Waals surface area contributed by atoms with Gasteiger partial charge in [-0.15, -0.1) is 0 Å². The fraction of sp³-hybridized carbons (Fsp3) is 0.400. The first-order valence-electron chi connectivity index (χ1n) is 6.28. The number of nitrogens with two attached hydrogens (primary N) is 1. The lowest BCUT2D eigenvalue weighted by Gasteiger charge is -2.17. The van der Waals surface area contributed by atoms with E-state index in [0.29, 0.717) is 12.8 Å². The average molecular weight is 244 g/mol. The molecule has 0 amide bonds. The molecule has 18 heavy (non-hydrogen) atoms. The molecule has 0 atom stereocenters. The second kappa shape index (κ2) is 4.58. The standard InChI is InChI=1S/C15H20N2O/c1-10-14(13(18)8-9-15(2,3)16)11-6-4-5-7-12(11)17-10/h4-7,17H,8-9,16H2,1-3H3. The Labute approximate surface area is 107 Å². The molecule has 0 radical (unpaired) electrons. The number of hydrogen-bond donors (Lipinski definition) is 2. The van der Waals surface area contributed by atoms with Crippen molar-refractivity contribution in [1.29, 1.82) is 0 Å². The Bertz CT molecular complexity index is 576. The molecule has 3 heteroatoms. The molecule has 0 saturated heterocycles. The van der Waals surface area contributed by atoms with Crippen LogP contribution in [-0.2, 0) is 0 Å². The van der Waals surface area contributed by atoms with E-state index in [-0.39, 0.29) is 11.3 Å². The van der Waals surface area contributed by atoms with Crippen molar-refractivity contribution in [2.24, 2.45) is 5.73 Å². The number of carbonyl (C=O) groups is 1. The number of aromatic nitrogens is 1. The molecular weight excluding hydrogens is 224 g/mol. The highest BCUT2D eigenvalue weighted by Crippen LogP contribution is 2.24. The van der Waals surface area contributed by atoms with Crippen LogP contribution in [0.5, 0.6) is 0 Å². The first kappa shape index (κ1) is 12.8. The Morgan fingerprint density at radius 1 is 1.33 bits per heavy atom. The van der Waals surface area contributed by atoms with Gasteiger partial charge >= 0.3 is 0 Å². The number of benzene rings is 1. The van der Waals surface area contributed by atoms with Gasteiger partial charge in [-0.25, -0.2) is 0 Å². The molecule has 0 bridgehead atoms. The average Bonchev–Trinajstić information content (AvgIpc) is 2.61. The fourth-order valence-electron chi connectivity index (χ4n) is 2.20. The van der Waals surface area contributed by atoms with E-state index in [9.17, 15) is 4.79 Å². The maximum Gasteiger partial charge on any atom is 0.165 e. The lowest BCUT2D eigenvalue weighted by Crippen LogP contribution is -2.32. The van der Waals surface area contributed by atoms with E-state index in [1.54, 1.807) is 0 Å². The summed E-state index contributed by atoms with van der Waals surface area (Å²) >= 11 is 0. The van der Waals surface area contributed by atoms with Crippen LogP contribution in [-0.4, -0.2) is 16.3 Å². The fourth-order valence-corrected chi connectivity index (χ4v) is 2.20. The normalized spacial score (nSPS) is 12.0. The zero-order chi connectivity index (χ0) is 13.3. The number of rotatable bonds is 4. The highest BCUT2D eigenvalue weighted by atomic mass is 16.1. The van der Waals surface area contributed by atoms with Crippen molar-refractivity contribution >= 4 is 16.7 Å². The SMILES string of the molecule is Cc1[nH]c2ccccc2c1C(=O)CCC(C)(C)N. The van der Waals surface area contributed by atoms with Crippen LogP contribution in [0.4, 0.5) is 0 Å². The van der Waals surface area contributed by atoms with Crippen molar-refractivity contribution in [1.82, 2.24) is 4.98 Å². The molecule has 1 heterocycles. The molecule has 0 aliphatic carbocycles. The van der Waals surface area contributed by atoms with Crippen LogP contribution >= 0.6 is 0 Å². The van der Waals surface area contributed by atoms with Gasteiger partial charge in [0.25, 0.3) is 0 Å². The molecule has 0 fully saturated rings. The molecule has 96 valence electrons. The third-order valence-corrected chi connectivity index (χ3v) is 3.17. The number of fused-ring (bicyclic) bond motifs is 1. The van der Waals surface area contributed by atoms with E-state index in [0.717, 1.165) is 22.2 Å². The Kier molecular flexibility index (Phi) is 3.26. The summed E-state index contributed by atoms with van der Waals surface area (Å²) in [6.07, 6.45) is 1.19. The van der Waals surface area contributed by atoms with E-state index in [2.05, 4.69) is 4.98 Å². The molecule has 0 aliphatic heterocycles. The summed E-state index contributed by atoms with van der Waals surface area (Å²) in [5.41, 5.74) is 8.41. The van der Waals surface area contributed by atoms with Crippen molar-refractivity contribution in [3.8, 4) is 0 Å². The predicted octanol–water partition coefficient (Wildman–Crippen LogP) is 3.18. The van der Waals surface area contributed by atoms with Crippen LogP contribution in [0.1, 0.15) is 42.7 Å². The van der Waals surface area contributed by atoms with Crippen molar-refractivity contribution in [3.05, 3.63) is 35.5 Å². The summed E-state index contributed by atoms with van der Waals surface area (Å²) in [5, 5.41) is 1.01. The zero-order valence-electron chi connectivity index (χ0n) is 11.2. The van der Waals surface area contributed by atoms with Gasteiger partial charge in [0, 0.05) is 34.1 Å². The molecule has 1 aromatic heterocycles. The molecular formula is C15H20N2O. The van der Waals surface area contributed by atoms with Gasteiger partial charge < -0.3 is 10.7 Å². The second-order valence-corrected chi connectivity index (χ2v) is 5.58. The van der Waals surface area contributed by atoms with E-state index in [1.807, 2.05) is 45.0 Å². The van der Waals surface area contributed by atoms with Gasteiger partial charge in [-0.2, -0.15) is 0 Å². The number of aryl methyl sites for hydroxylation is 1. The van der Waals surface area contributed by atoms with Crippen molar-refractivity contribution in [3.63, 3.8) is 0 Å². The molecule has 0 unspecified atom stereocenters. The molecule has 1 aromatic carbocycles. The molecule has 0 spiro atoms. The van der Waals surface area contributed by atoms with E-state index >= 15 is 0 Å². The van der Waals surface area contributed by atoms with Gasteiger partial charge in [0.15, 0.2) is 5.78 Å². The highest BCUT2D eigenvalue weighted by molar-refractivity contribution is 6.09. The maximum absolute atomic E-state index is 12.3. The van der Waals surface area contributed by atoms with E-state index in [1.165, 1.54) is 0 Å². The number of aromatic amines is 1. The van der Waals surface area contributed by atoms with Gasteiger partial charge in [0.1, 0.15) is 0 Å². The minimum Gasteiger partial charge on any atom is -0.358 e. The van der Waals surface area contributed by atoms with Crippen LogP contribution in [0.2, 0.25) is 0 Å². The lowest BCUT2D eigenvalue weighted by molar-refractivity contribution is 0.0973. The first-order valence-corrected chi connectivity index (χ1v) is 6.28. The summed E-state index contributed by atoms with van der Waals surface area (Å²) < 4.78 is 0. The smallest absolute Gasteiger partial charge is 0.165 e. The third-order valence-electron chi connectivity index (χ3n) is 3.17. The predicted molar refractivity (Wildman–Crippen MR) is 74.9 cm³/mol. The summed E-state index contributed by atoms with van der Waals surface area (Å²) in [6, 6.07) is 7.90. The largest absolute Gasteiger partial charge is 0.358 e. The monoisotopic (exact) mass is 244 g/mol. The third kappa shape index (κ3) is 2.62. The van der Waals surface area contributed by atoms with Crippen molar-refractivity contribution in [2.45, 2.75) is 39.2 Å². The summed E-state index contributed by atoms with van der Waals surface area (Å²) in [5.74, 6) is 0.170. The number of carbonyl (C=O) groups excluding carboxylic acids is 1.